The van der Waals surface area contributed by atoms with Gasteiger partial charge in [-0.1, -0.05) is 13.8 Å². The van der Waals surface area contributed by atoms with Gasteiger partial charge in [-0.2, -0.15) is 0 Å². The number of aliphatic hydroxyl groups excluding tert-OH is 1. The maximum atomic E-state index is 12.1. The zero-order valence-electron chi connectivity index (χ0n) is 18.0. The molecule has 0 heterocycles. The maximum Gasteiger partial charge on any atom is 0.0804 e. The lowest BCUT2D eigenvalue weighted by Gasteiger charge is -2.63. The van der Waals surface area contributed by atoms with Crippen molar-refractivity contribution in [3.05, 3.63) is 0 Å². The molecule has 0 amide bonds. The van der Waals surface area contributed by atoms with E-state index in [1.807, 2.05) is 0 Å². The first kappa shape index (κ1) is 21.0. The molecule has 5 N–H and O–H groups in total. The first-order valence-corrected chi connectivity index (χ1v) is 11.8. The van der Waals surface area contributed by atoms with Crippen molar-refractivity contribution in [2.45, 2.75) is 89.8 Å². The fraction of sp³-hybridized carbons (Fsp3) is 1.00. The van der Waals surface area contributed by atoms with Crippen LogP contribution in [0.3, 0.4) is 0 Å². The van der Waals surface area contributed by atoms with Crippen molar-refractivity contribution in [2.75, 3.05) is 19.7 Å². The molecule has 4 rings (SSSR count). The normalized spacial score (nSPS) is 50.7. The highest BCUT2D eigenvalue weighted by Gasteiger charge is 2.66. The topological polar surface area (TPSA) is 87.7 Å². The quantitative estimate of drug-likeness (QED) is 0.411. The molecule has 4 aliphatic carbocycles. The molecule has 0 saturated heterocycles. The Morgan fingerprint density at radius 3 is 2.64 bits per heavy atom. The second-order valence-corrected chi connectivity index (χ2v) is 10.9. The Morgan fingerprint density at radius 1 is 1.04 bits per heavy atom. The number of rotatable bonds is 6. The third kappa shape index (κ3) is 3.17. The number of nitrogens with two attached hydrogens (primary N) is 1. The fourth-order valence-electron chi connectivity index (χ4n) is 8.21. The average molecular weight is 395 g/mol. The van der Waals surface area contributed by atoms with Crippen LogP contribution in [0, 0.1) is 34.5 Å². The average Bonchev–Trinajstić information content (AvgIpc) is 2.93. The molecule has 8 atom stereocenters. The van der Waals surface area contributed by atoms with Crippen molar-refractivity contribution in [2.24, 2.45) is 40.2 Å². The second kappa shape index (κ2) is 7.81. The number of nitrogens with one attached hydrogen (secondary N) is 1. The molecule has 0 aliphatic heterocycles. The van der Waals surface area contributed by atoms with Gasteiger partial charge in [-0.3, -0.25) is 0 Å². The summed E-state index contributed by atoms with van der Waals surface area (Å²) in [6.07, 6.45) is 10.8. The van der Waals surface area contributed by atoms with Crippen LogP contribution in [0.5, 0.6) is 0 Å². The van der Waals surface area contributed by atoms with Crippen LogP contribution in [0.25, 0.3) is 0 Å². The predicted octanol–water partition coefficient (Wildman–Crippen LogP) is 2.99. The second-order valence-electron chi connectivity index (χ2n) is 10.9. The minimum absolute atomic E-state index is 0.0289. The fourth-order valence-corrected chi connectivity index (χ4v) is 8.21. The van der Waals surface area contributed by atoms with Crippen LogP contribution in [0.2, 0.25) is 0 Å². The Hall–Kier alpha value is -0.200. The lowest BCUT2D eigenvalue weighted by Crippen LogP contribution is -2.62. The zero-order chi connectivity index (χ0) is 20.0. The molecular weight excluding hydrogens is 352 g/mol. The molecule has 4 fully saturated rings. The summed E-state index contributed by atoms with van der Waals surface area (Å²) in [5, 5.41) is 22.3. The maximum absolute atomic E-state index is 12.1. The van der Waals surface area contributed by atoms with E-state index in [1.54, 1.807) is 0 Å². The predicted molar refractivity (Wildman–Crippen MR) is 110 cm³/mol. The number of hydroxylamine groups is 1. The van der Waals surface area contributed by atoms with Crippen molar-refractivity contribution in [1.29, 1.82) is 0 Å². The molecule has 0 aromatic carbocycles. The standard InChI is InChI=1S/C23H42N2O3/c1-21-9-6-18(26)15-17(21)3-4-20-19(21)7-10-22(2)16(5-11-23(20,22)27)8-13-25-28-14-12-24/h16-20,25-27H,3-15,24H2,1-2H3/t16-,17?,18?,19+,20-,21+,22-,23-/m1/s1. The van der Waals surface area contributed by atoms with Crippen LogP contribution < -0.4 is 11.2 Å². The third-order valence-electron chi connectivity index (χ3n) is 9.93. The monoisotopic (exact) mass is 394 g/mol. The summed E-state index contributed by atoms with van der Waals surface area (Å²) in [6, 6.07) is 0. The molecule has 0 aromatic rings. The van der Waals surface area contributed by atoms with Crippen LogP contribution in [0.15, 0.2) is 0 Å². The van der Waals surface area contributed by atoms with E-state index in [0.717, 1.165) is 57.9 Å². The summed E-state index contributed by atoms with van der Waals surface area (Å²) in [5.41, 5.74) is 8.36. The molecule has 28 heavy (non-hydrogen) atoms. The highest BCUT2D eigenvalue weighted by molar-refractivity contribution is 5.16. The van der Waals surface area contributed by atoms with Gasteiger partial charge in [0.05, 0.1) is 18.3 Å². The van der Waals surface area contributed by atoms with Crippen molar-refractivity contribution >= 4 is 0 Å². The van der Waals surface area contributed by atoms with Crippen LogP contribution >= 0.6 is 0 Å². The van der Waals surface area contributed by atoms with Crippen molar-refractivity contribution in [1.82, 2.24) is 5.48 Å². The van der Waals surface area contributed by atoms with Gasteiger partial charge in [-0.15, -0.1) is 0 Å². The molecule has 4 saturated carbocycles. The first-order chi connectivity index (χ1) is 13.3. The lowest BCUT2D eigenvalue weighted by atomic mass is 9.43. The molecule has 0 radical (unpaired) electrons. The summed E-state index contributed by atoms with van der Waals surface area (Å²) in [4.78, 5) is 5.35. The van der Waals surface area contributed by atoms with Crippen molar-refractivity contribution in [3.63, 3.8) is 0 Å². The van der Waals surface area contributed by atoms with Gasteiger partial charge >= 0.3 is 0 Å². The van der Waals surface area contributed by atoms with E-state index in [0.29, 0.717) is 42.2 Å². The highest BCUT2D eigenvalue weighted by Crippen LogP contribution is 2.69. The Balaban J connectivity index is 1.47. The smallest absolute Gasteiger partial charge is 0.0804 e. The molecule has 4 aliphatic rings. The summed E-state index contributed by atoms with van der Waals surface area (Å²) >= 11 is 0. The van der Waals surface area contributed by atoms with Gasteiger partial charge in [0.1, 0.15) is 0 Å². The first-order valence-electron chi connectivity index (χ1n) is 11.8. The summed E-state index contributed by atoms with van der Waals surface area (Å²) in [6.45, 7) is 6.78. The van der Waals surface area contributed by atoms with Crippen LogP contribution in [-0.4, -0.2) is 41.6 Å². The molecule has 5 heteroatoms. The largest absolute Gasteiger partial charge is 0.393 e. The van der Waals surface area contributed by atoms with Gasteiger partial charge in [0.15, 0.2) is 0 Å². The highest BCUT2D eigenvalue weighted by atomic mass is 16.6. The van der Waals surface area contributed by atoms with Gasteiger partial charge in [-0.05, 0) is 98.7 Å². The summed E-state index contributed by atoms with van der Waals surface area (Å²) in [7, 11) is 0. The van der Waals surface area contributed by atoms with Crippen molar-refractivity contribution in [3.8, 4) is 0 Å². The molecule has 0 aromatic heterocycles. The summed E-state index contributed by atoms with van der Waals surface area (Å²) in [5.74, 6) is 2.27. The lowest BCUT2D eigenvalue weighted by molar-refractivity contribution is -0.210. The van der Waals surface area contributed by atoms with Gasteiger partial charge in [0.25, 0.3) is 0 Å². The number of aliphatic hydroxyl groups is 2. The molecule has 5 nitrogen and oxygen atoms in total. The minimum Gasteiger partial charge on any atom is -0.393 e. The van der Waals surface area contributed by atoms with Gasteiger partial charge in [0, 0.05) is 13.1 Å². The SMILES string of the molecule is C[C@]12CCC(O)CC1CC[C@@H]1[C@@H]2CC[C@]2(C)[C@@H](CCNOCCN)CC[C@@]12O. The van der Waals surface area contributed by atoms with E-state index in [-0.39, 0.29) is 11.5 Å². The minimum atomic E-state index is -0.511. The molecular formula is C23H42N2O3. The van der Waals surface area contributed by atoms with E-state index >= 15 is 0 Å². The van der Waals surface area contributed by atoms with Crippen LogP contribution in [0.1, 0.15) is 78.1 Å². The van der Waals surface area contributed by atoms with Gasteiger partial charge in [-0.25, -0.2) is 5.48 Å². The van der Waals surface area contributed by atoms with Crippen molar-refractivity contribution < 1.29 is 15.1 Å². The molecule has 162 valence electrons. The van der Waals surface area contributed by atoms with E-state index in [2.05, 4.69) is 19.3 Å². The van der Waals surface area contributed by atoms with Crippen LogP contribution in [0.4, 0.5) is 0 Å². The number of hydrogen-bond donors (Lipinski definition) is 4. The Kier molecular flexibility index (Phi) is 5.87. The van der Waals surface area contributed by atoms with E-state index in [9.17, 15) is 10.2 Å². The van der Waals surface area contributed by atoms with Gasteiger partial charge in [0.2, 0.25) is 0 Å². The van der Waals surface area contributed by atoms with E-state index in [1.165, 1.54) is 12.8 Å². The van der Waals surface area contributed by atoms with E-state index in [4.69, 9.17) is 10.6 Å². The Bertz CT molecular complexity index is 560. The Labute approximate surface area is 170 Å². The van der Waals surface area contributed by atoms with Crippen LogP contribution in [-0.2, 0) is 4.84 Å². The number of fused-ring (bicyclic) bond motifs is 5. The number of hydrogen-bond acceptors (Lipinski definition) is 5. The molecule has 0 bridgehead atoms. The summed E-state index contributed by atoms with van der Waals surface area (Å²) < 4.78 is 0. The third-order valence-corrected chi connectivity index (χ3v) is 9.93. The Morgan fingerprint density at radius 2 is 1.86 bits per heavy atom. The van der Waals surface area contributed by atoms with E-state index < -0.39 is 5.60 Å². The molecule has 2 unspecified atom stereocenters. The zero-order valence-corrected chi connectivity index (χ0v) is 18.0. The van der Waals surface area contributed by atoms with Gasteiger partial charge < -0.3 is 20.8 Å². The molecule has 0 spiro atoms.